The molecule has 0 atom stereocenters. The van der Waals surface area contributed by atoms with Crippen LogP contribution in [0.25, 0.3) is 6.08 Å². The zero-order chi connectivity index (χ0) is 11.1. The maximum absolute atomic E-state index is 4.94. The molecule has 0 amide bonds. The molecular formula is C13H12CrO. The minimum atomic E-state index is 0.602. The molecule has 0 N–H and O–H groups in total. The Kier molecular flexibility index (Phi) is 5.09. The zero-order valence-corrected chi connectivity index (χ0v) is 10.1. The van der Waals surface area contributed by atoms with Gasteiger partial charge in [0.15, 0.2) is 0 Å². The third kappa shape index (κ3) is 3.86. The molecule has 0 aliphatic heterocycles. The van der Waals surface area contributed by atoms with Gasteiger partial charge in [0.2, 0.25) is 0 Å². The molecule has 1 nitrogen and oxygen atoms in total. The van der Waals surface area contributed by atoms with Crippen molar-refractivity contribution < 1.29 is 20.6 Å². The first-order valence-corrected chi connectivity index (χ1v) is 5.23. The van der Waals surface area contributed by atoms with Crippen molar-refractivity contribution in [3.8, 4) is 11.8 Å². The fraction of sp³-hybridized carbons (Fsp3) is 0.154. The van der Waals surface area contributed by atoms with Gasteiger partial charge < -0.3 is 0 Å². The van der Waals surface area contributed by atoms with E-state index >= 15 is 0 Å². The van der Waals surface area contributed by atoms with E-state index in [-0.39, 0.29) is 0 Å². The molecule has 0 fully saturated rings. The summed E-state index contributed by atoms with van der Waals surface area (Å²) in [4.78, 5) is 0. The van der Waals surface area contributed by atoms with Gasteiger partial charge in [-0.3, -0.25) is 0 Å². The Balaban J connectivity index is 3.02. The third-order valence-corrected chi connectivity index (χ3v) is 2.21. The molecule has 0 bridgehead atoms. The molecule has 15 heavy (non-hydrogen) atoms. The van der Waals surface area contributed by atoms with Gasteiger partial charge in [-0.25, -0.2) is 0 Å². The average Bonchev–Trinajstić information content (AvgIpc) is 2.28. The van der Waals surface area contributed by atoms with Gasteiger partial charge >= 0.3 is 98.6 Å². The van der Waals surface area contributed by atoms with Crippen molar-refractivity contribution in [3.63, 3.8) is 0 Å². The predicted molar refractivity (Wildman–Crippen MR) is 60.0 cm³/mol. The normalized spacial score (nSPS) is 9.73. The molecule has 0 unspecified atom stereocenters. The van der Waals surface area contributed by atoms with E-state index in [2.05, 4.69) is 27.7 Å². The van der Waals surface area contributed by atoms with Crippen molar-refractivity contribution in [2.75, 3.05) is 7.11 Å². The molecule has 1 aromatic carbocycles. The molecule has 0 saturated carbocycles. The molecule has 0 aliphatic carbocycles. The minimum absolute atomic E-state index is 0.602. The average molecular weight is 236 g/mol. The SMILES string of the molecule is C/C=C/c1ccccc1C#C[C](=[Cr])OC. The second-order valence-corrected chi connectivity index (χ2v) is 3.41. The number of ether oxygens (including phenoxy) is 1. The van der Waals surface area contributed by atoms with Gasteiger partial charge in [0.05, 0.1) is 0 Å². The Morgan fingerprint density at radius 3 is 2.80 bits per heavy atom. The predicted octanol–water partition coefficient (Wildman–Crippen LogP) is 2.39. The summed E-state index contributed by atoms with van der Waals surface area (Å²) in [6, 6.07) is 8.00. The van der Waals surface area contributed by atoms with E-state index in [1.165, 1.54) is 0 Å². The molecule has 0 radical (unpaired) electrons. The summed E-state index contributed by atoms with van der Waals surface area (Å²) < 4.78 is 5.54. The van der Waals surface area contributed by atoms with Gasteiger partial charge in [-0.1, -0.05) is 0 Å². The van der Waals surface area contributed by atoms with E-state index in [0.717, 1.165) is 11.1 Å². The van der Waals surface area contributed by atoms with Crippen molar-refractivity contribution in [3.05, 3.63) is 41.5 Å². The molecule has 76 valence electrons. The van der Waals surface area contributed by atoms with Crippen LogP contribution in [-0.2, 0) is 20.6 Å². The number of methoxy groups -OCH3 is 1. The Bertz CT molecular complexity index is 435. The summed E-state index contributed by atoms with van der Waals surface area (Å²) in [5.74, 6) is 5.96. The molecule has 0 aromatic heterocycles. The fourth-order valence-electron chi connectivity index (χ4n) is 1.11. The summed E-state index contributed by atoms with van der Waals surface area (Å²) in [6.07, 6.45) is 4.04. The van der Waals surface area contributed by atoms with Crippen LogP contribution in [0.15, 0.2) is 30.3 Å². The zero-order valence-electron chi connectivity index (χ0n) is 8.78. The summed E-state index contributed by atoms with van der Waals surface area (Å²) in [5.41, 5.74) is 2.12. The van der Waals surface area contributed by atoms with E-state index in [9.17, 15) is 0 Å². The van der Waals surface area contributed by atoms with E-state index in [0.29, 0.717) is 4.57 Å². The molecule has 0 heterocycles. The van der Waals surface area contributed by atoms with Crippen LogP contribution in [-0.4, -0.2) is 11.7 Å². The molecule has 2 heteroatoms. The van der Waals surface area contributed by atoms with E-state index in [4.69, 9.17) is 4.74 Å². The van der Waals surface area contributed by atoms with Crippen molar-refractivity contribution in [1.29, 1.82) is 0 Å². The number of hydrogen-bond acceptors (Lipinski definition) is 1. The number of rotatable bonds is 2. The van der Waals surface area contributed by atoms with Crippen LogP contribution in [0, 0.1) is 11.8 Å². The first kappa shape index (κ1) is 12.0. The molecule has 1 aromatic rings. The van der Waals surface area contributed by atoms with E-state index in [1.807, 2.05) is 43.3 Å². The van der Waals surface area contributed by atoms with Gasteiger partial charge in [-0.2, -0.15) is 0 Å². The summed E-state index contributed by atoms with van der Waals surface area (Å²) in [5, 5.41) is 0. The van der Waals surface area contributed by atoms with E-state index in [1.54, 1.807) is 7.11 Å². The Hall–Kier alpha value is -1.12. The van der Waals surface area contributed by atoms with Crippen LogP contribution >= 0.6 is 0 Å². The first-order chi connectivity index (χ1) is 7.27. The van der Waals surface area contributed by atoms with Gasteiger partial charge in [-0.05, 0) is 0 Å². The maximum atomic E-state index is 4.94. The van der Waals surface area contributed by atoms with E-state index < -0.39 is 0 Å². The molecule has 0 spiro atoms. The summed E-state index contributed by atoms with van der Waals surface area (Å²) >= 11 is 2.75. The topological polar surface area (TPSA) is 9.23 Å². The van der Waals surface area contributed by atoms with Crippen LogP contribution in [0.4, 0.5) is 0 Å². The van der Waals surface area contributed by atoms with Crippen molar-refractivity contribution in [1.82, 2.24) is 0 Å². The van der Waals surface area contributed by atoms with Crippen LogP contribution in [0.3, 0.4) is 0 Å². The molecule has 1 rings (SSSR count). The number of hydrogen-bond donors (Lipinski definition) is 0. The van der Waals surface area contributed by atoms with Crippen molar-refractivity contribution in [2.45, 2.75) is 6.92 Å². The van der Waals surface area contributed by atoms with Crippen LogP contribution in [0.2, 0.25) is 0 Å². The van der Waals surface area contributed by atoms with Gasteiger partial charge in [0.1, 0.15) is 0 Å². The van der Waals surface area contributed by atoms with Crippen LogP contribution in [0.1, 0.15) is 18.1 Å². The quantitative estimate of drug-likeness (QED) is 0.716. The molecule has 0 saturated heterocycles. The second kappa shape index (κ2) is 6.38. The van der Waals surface area contributed by atoms with Crippen LogP contribution in [0.5, 0.6) is 0 Å². The Labute approximate surface area is 98.7 Å². The number of benzene rings is 1. The first-order valence-electron chi connectivity index (χ1n) is 4.59. The second-order valence-electron chi connectivity index (χ2n) is 2.83. The fourth-order valence-corrected chi connectivity index (χ4v) is 1.18. The third-order valence-electron chi connectivity index (χ3n) is 1.79. The van der Waals surface area contributed by atoms with Gasteiger partial charge in [0.25, 0.3) is 0 Å². The summed E-state index contributed by atoms with van der Waals surface area (Å²) in [6.45, 7) is 1.99. The van der Waals surface area contributed by atoms with Gasteiger partial charge in [0, 0.05) is 0 Å². The Morgan fingerprint density at radius 2 is 2.13 bits per heavy atom. The standard InChI is InChI=1S/C13H12O.Cr/c1-3-7-12-8-4-5-9-13(12)10-6-11-14-2;/h3-5,7-9H,1-2H3;/b7-3+;. The monoisotopic (exact) mass is 236 g/mol. The van der Waals surface area contributed by atoms with Crippen LogP contribution < -0.4 is 0 Å². The van der Waals surface area contributed by atoms with Crippen molar-refractivity contribution >= 4 is 10.6 Å². The Morgan fingerprint density at radius 1 is 1.40 bits per heavy atom. The molecular weight excluding hydrogens is 224 g/mol. The molecule has 0 aliphatic rings. The summed E-state index contributed by atoms with van der Waals surface area (Å²) in [7, 11) is 1.60. The number of allylic oxidation sites excluding steroid dienone is 1. The van der Waals surface area contributed by atoms with Gasteiger partial charge in [-0.15, -0.1) is 0 Å². The van der Waals surface area contributed by atoms with Crippen molar-refractivity contribution in [2.24, 2.45) is 0 Å².